The molecule has 5 heteroatoms. The molecule has 14 heavy (non-hydrogen) atoms. The van der Waals surface area contributed by atoms with Gasteiger partial charge in [0.2, 0.25) is 9.84 Å². The van der Waals surface area contributed by atoms with Crippen molar-refractivity contribution in [2.24, 2.45) is 5.73 Å². The lowest BCUT2D eigenvalue weighted by Crippen LogP contribution is -2.00. The van der Waals surface area contributed by atoms with Gasteiger partial charge in [0.05, 0.1) is 4.90 Å². The van der Waals surface area contributed by atoms with Crippen molar-refractivity contribution in [3.05, 3.63) is 33.6 Å². The number of hydrogen-bond acceptors (Lipinski definition) is 3. The maximum absolute atomic E-state index is 11.7. The van der Waals surface area contributed by atoms with Gasteiger partial charge >= 0.3 is 0 Å². The summed E-state index contributed by atoms with van der Waals surface area (Å²) in [4.78, 5) is 0.334. The summed E-state index contributed by atoms with van der Waals surface area (Å²) in [6, 6.07) is 5.28. The van der Waals surface area contributed by atoms with Gasteiger partial charge in [0.25, 0.3) is 0 Å². The summed E-state index contributed by atoms with van der Waals surface area (Å²) in [5.41, 5.74) is 6.85. The first-order valence-electron chi connectivity index (χ1n) is 4.01. The molecule has 0 spiro atoms. The van der Waals surface area contributed by atoms with E-state index in [-0.39, 0.29) is 6.54 Å². The van der Waals surface area contributed by atoms with Gasteiger partial charge in [-0.25, -0.2) is 8.42 Å². The van der Waals surface area contributed by atoms with Gasteiger partial charge in [-0.15, -0.1) is 0 Å². The van der Waals surface area contributed by atoms with Gasteiger partial charge in [-0.2, -0.15) is 0 Å². The summed E-state index contributed by atoms with van der Waals surface area (Å²) >= 11 is 3.23. The topological polar surface area (TPSA) is 60.2 Å². The molecule has 0 saturated carbocycles. The summed E-state index contributed by atoms with van der Waals surface area (Å²) < 4.78 is 24.0. The molecule has 1 heterocycles. The summed E-state index contributed by atoms with van der Waals surface area (Å²) in [6.45, 7) is 0.239. The minimum Gasteiger partial charge on any atom is -0.326 e. The van der Waals surface area contributed by atoms with E-state index >= 15 is 0 Å². The van der Waals surface area contributed by atoms with Gasteiger partial charge in [0, 0.05) is 16.4 Å². The SMILES string of the molecule is NCC1=CS(=O)(=O)c2c(Br)cccc21. The second-order valence-corrected chi connectivity index (χ2v) is 5.60. The Hall–Kier alpha value is -0.650. The van der Waals surface area contributed by atoms with E-state index in [4.69, 9.17) is 5.73 Å². The zero-order valence-electron chi connectivity index (χ0n) is 7.20. The van der Waals surface area contributed by atoms with Crippen LogP contribution < -0.4 is 5.73 Å². The molecule has 74 valence electrons. The average Bonchev–Trinajstić information content (AvgIpc) is 2.39. The Bertz CT molecular complexity index is 520. The molecule has 0 aromatic heterocycles. The molecule has 1 aromatic rings. The number of halogens is 1. The van der Waals surface area contributed by atoms with Crippen LogP contribution >= 0.6 is 15.9 Å². The van der Waals surface area contributed by atoms with Gasteiger partial charge in [-0.1, -0.05) is 12.1 Å². The minimum atomic E-state index is -3.29. The van der Waals surface area contributed by atoms with Crippen molar-refractivity contribution in [2.75, 3.05) is 6.54 Å². The van der Waals surface area contributed by atoms with Crippen LogP contribution in [-0.4, -0.2) is 15.0 Å². The molecule has 0 fully saturated rings. The van der Waals surface area contributed by atoms with Gasteiger partial charge in [-0.05, 0) is 33.1 Å². The summed E-state index contributed by atoms with van der Waals surface area (Å²) in [7, 11) is -3.29. The van der Waals surface area contributed by atoms with E-state index in [1.807, 2.05) is 0 Å². The van der Waals surface area contributed by atoms with Gasteiger partial charge in [0.1, 0.15) is 0 Å². The fourth-order valence-corrected chi connectivity index (χ4v) is 4.12. The molecule has 1 aliphatic rings. The third-order valence-corrected chi connectivity index (χ3v) is 4.64. The number of hydrogen-bond donors (Lipinski definition) is 1. The van der Waals surface area contributed by atoms with E-state index in [0.29, 0.717) is 20.5 Å². The van der Waals surface area contributed by atoms with E-state index < -0.39 is 9.84 Å². The smallest absolute Gasteiger partial charge is 0.201 e. The van der Waals surface area contributed by atoms with Crippen molar-refractivity contribution in [2.45, 2.75) is 4.90 Å². The molecule has 0 atom stereocenters. The quantitative estimate of drug-likeness (QED) is 0.845. The van der Waals surface area contributed by atoms with E-state index in [1.54, 1.807) is 18.2 Å². The molecule has 2 N–H and O–H groups in total. The zero-order chi connectivity index (χ0) is 10.3. The van der Waals surface area contributed by atoms with Crippen molar-refractivity contribution in [1.29, 1.82) is 0 Å². The van der Waals surface area contributed by atoms with Crippen molar-refractivity contribution < 1.29 is 8.42 Å². The largest absolute Gasteiger partial charge is 0.326 e. The van der Waals surface area contributed by atoms with Crippen LogP contribution in [-0.2, 0) is 9.84 Å². The molecular weight excluding hydrogens is 266 g/mol. The lowest BCUT2D eigenvalue weighted by atomic mass is 10.1. The molecule has 3 nitrogen and oxygen atoms in total. The standard InChI is InChI=1S/C9H8BrNO2S/c10-8-3-1-2-7-6(4-11)5-14(12,13)9(7)8/h1-3,5H,4,11H2. The first-order valence-corrected chi connectivity index (χ1v) is 6.35. The second kappa shape index (κ2) is 3.18. The van der Waals surface area contributed by atoms with Crippen LogP contribution in [0.3, 0.4) is 0 Å². The number of nitrogens with two attached hydrogens (primary N) is 1. The predicted octanol–water partition coefficient (Wildman–Crippen LogP) is 1.54. The minimum absolute atomic E-state index is 0.239. The van der Waals surface area contributed by atoms with Crippen molar-refractivity contribution in [1.82, 2.24) is 0 Å². The Morgan fingerprint density at radius 2 is 2.07 bits per heavy atom. The van der Waals surface area contributed by atoms with Crippen LogP contribution in [0.25, 0.3) is 5.57 Å². The first kappa shape index (κ1) is 9.89. The lowest BCUT2D eigenvalue weighted by Gasteiger charge is -2.02. The Morgan fingerprint density at radius 1 is 1.36 bits per heavy atom. The molecule has 0 aliphatic carbocycles. The number of benzene rings is 1. The van der Waals surface area contributed by atoms with Gasteiger partial charge in [-0.3, -0.25) is 0 Å². The Labute approximate surface area is 90.7 Å². The third-order valence-electron chi connectivity index (χ3n) is 2.11. The highest BCUT2D eigenvalue weighted by Crippen LogP contribution is 2.37. The van der Waals surface area contributed by atoms with Crippen LogP contribution in [0.2, 0.25) is 0 Å². The van der Waals surface area contributed by atoms with Crippen LogP contribution in [0.4, 0.5) is 0 Å². The van der Waals surface area contributed by atoms with Crippen LogP contribution in [0.1, 0.15) is 5.56 Å². The van der Waals surface area contributed by atoms with Crippen LogP contribution in [0, 0.1) is 0 Å². The van der Waals surface area contributed by atoms with E-state index in [9.17, 15) is 8.42 Å². The number of sulfone groups is 1. The fourth-order valence-electron chi connectivity index (χ4n) is 1.52. The predicted molar refractivity (Wildman–Crippen MR) is 58.4 cm³/mol. The molecule has 1 aromatic carbocycles. The molecule has 0 amide bonds. The molecule has 0 saturated heterocycles. The van der Waals surface area contributed by atoms with Gasteiger partial charge < -0.3 is 5.73 Å². The molecule has 0 bridgehead atoms. The van der Waals surface area contributed by atoms with Crippen LogP contribution in [0.15, 0.2) is 33.0 Å². The van der Waals surface area contributed by atoms with Crippen molar-refractivity contribution in [3.8, 4) is 0 Å². The van der Waals surface area contributed by atoms with Gasteiger partial charge in [0.15, 0.2) is 0 Å². The van der Waals surface area contributed by atoms with E-state index in [0.717, 1.165) is 0 Å². The summed E-state index contributed by atoms with van der Waals surface area (Å²) in [5, 5.41) is 1.24. The fraction of sp³-hybridized carbons (Fsp3) is 0.111. The zero-order valence-corrected chi connectivity index (χ0v) is 9.60. The Kier molecular flexibility index (Phi) is 2.25. The molecule has 0 radical (unpaired) electrons. The maximum atomic E-state index is 11.7. The highest BCUT2D eigenvalue weighted by molar-refractivity contribution is 9.10. The van der Waals surface area contributed by atoms with E-state index in [2.05, 4.69) is 15.9 Å². The second-order valence-electron chi connectivity index (χ2n) is 3.01. The molecule has 1 aliphatic heterocycles. The molecular formula is C9H8BrNO2S. The molecule has 2 rings (SSSR count). The van der Waals surface area contributed by atoms with Crippen molar-refractivity contribution >= 4 is 31.3 Å². The third kappa shape index (κ3) is 1.32. The Morgan fingerprint density at radius 3 is 2.71 bits per heavy atom. The lowest BCUT2D eigenvalue weighted by molar-refractivity contribution is 0.605. The average molecular weight is 274 g/mol. The maximum Gasteiger partial charge on any atom is 0.201 e. The molecule has 0 unspecified atom stereocenters. The number of fused-ring (bicyclic) bond motifs is 1. The summed E-state index contributed by atoms with van der Waals surface area (Å²) in [5.74, 6) is 0. The van der Waals surface area contributed by atoms with E-state index in [1.165, 1.54) is 5.41 Å². The highest BCUT2D eigenvalue weighted by atomic mass is 79.9. The monoisotopic (exact) mass is 273 g/mol. The Balaban J connectivity index is 2.82. The normalized spacial score (nSPS) is 17.7. The van der Waals surface area contributed by atoms with Crippen molar-refractivity contribution in [3.63, 3.8) is 0 Å². The number of rotatable bonds is 1. The highest BCUT2D eigenvalue weighted by Gasteiger charge is 2.27. The first-order chi connectivity index (χ1) is 6.56. The van der Waals surface area contributed by atoms with Crippen LogP contribution in [0.5, 0.6) is 0 Å². The summed E-state index contributed by atoms with van der Waals surface area (Å²) in [6.07, 6.45) is 0.